The largest absolute Gasteiger partial charge is 0.487 e. The lowest BCUT2D eigenvalue weighted by atomic mass is 10.2. The predicted octanol–water partition coefficient (Wildman–Crippen LogP) is 3.74. The maximum Gasteiger partial charge on any atom is 0.257 e. The average Bonchev–Trinajstić information content (AvgIpc) is 3.17. The van der Waals surface area contributed by atoms with Crippen molar-refractivity contribution in [2.45, 2.75) is 13.5 Å². The predicted molar refractivity (Wildman–Crippen MR) is 87.7 cm³/mol. The van der Waals surface area contributed by atoms with Crippen LogP contribution in [0.5, 0.6) is 5.75 Å². The third kappa shape index (κ3) is 3.69. The Bertz CT molecular complexity index is 769. The number of aryl methyl sites for hydroxylation is 1. The van der Waals surface area contributed by atoms with Crippen LogP contribution < -0.4 is 10.1 Å². The quantitative estimate of drug-likeness (QED) is 0.773. The van der Waals surface area contributed by atoms with Gasteiger partial charge >= 0.3 is 0 Å². The van der Waals surface area contributed by atoms with Crippen molar-refractivity contribution < 1.29 is 9.53 Å². The lowest BCUT2D eigenvalue weighted by Gasteiger charge is -2.06. The molecule has 3 rings (SSSR count). The van der Waals surface area contributed by atoms with Crippen molar-refractivity contribution in [2.24, 2.45) is 0 Å². The van der Waals surface area contributed by atoms with Crippen molar-refractivity contribution in [1.29, 1.82) is 0 Å². The molecule has 0 aliphatic heterocycles. The zero-order valence-corrected chi connectivity index (χ0v) is 13.4. The fourth-order valence-electron chi connectivity index (χ4n) is 1.81. The molecule has 0 radical (unpaired) electrons. The van der Waals surface area contributed by atoms with Crippen LogP contribution in [-0.2, 0) is 6.61 Å². The van der Waals surface area contributed by atoms with Crippen LogP contribution in [0.2, 0.25) is 0 Å². The fourth-order valence-corrected chi connectivity index (χ4v) is 2.93. The van der Waals surface area contributed by atoms with Gasteiger partial charge in [-0.15, -0.1) is 22.7 Å². The number of amides is 1. The van der Waals surface area contributed by atoms with Crippen molar-refractivity contribution >= 4 is 33.7 Å². The lowest BCUT2D eigenvalue weighted by Crippen LogP contribution is -2.11. The molecule has 5 nitrogen and oxygen atoms in total. The molecular weight excluding hydrogens is 318 g/mol. The molecule has 1 amide bonds. The van der Waals surface area contributed by atoms with Gasteiger partial charge in [0, 0.05) is 22.5 Å². The number of thiazole rings is 2. The first-order chi connectivity index (χ1) is 10.7. The lowest BCUT2D eigenvalue weighted by molar-refractivity contribution is 0.102. The first-order valence-corrected chi connectivity index (χ1v) is 8.31. The Kier molecular flexibility index (Phi) is 4.45. The SMILES string of the molecule is Cc1nc(COc2cccc(C(=O)Nc3nccs3)c2)cs1. The first-order valence-electron chi connectivity index (χ1n) is 6.55. The van der Waals surface area contributed by atoms with E-state index in [0.29, 0.717) is 23.1 Å². The molecule has 0 aliphatic rings. The van der Waals surface area contributed by atoms with E-state index in [4.69, 9.17) is 4.74 Å². The Morgan fingerprint density at radius 2 is 2.27 bits per heavy atom. The van der Waals surface area contributed by atoms with Crippen LogP contribution in [0.4, 0.5) is 5.13 Å². The molecule has 3 aromatic rings. The monoisotopic (exact) mass is 331 g/mol. The molecule has 0 spiro atoms. The summed E-state index contributed by atoms with van der Waals surface area (Å²) in [7, 11) is 0. The molecule has 1 N–H and O–H groups in total. The highest BCUT2D eigenvalue weighted by Gasteiger charge is 2.09. The highest BCUT2D eigenvalue weighted by atomic mass is 32.1. The number of anilines is 1. The molecule has 2 heterocycles. The van der Waals surface area contributed by atoms with Crippen LogP contribution in [0.1, 0.15) is 21.1 Å². The number of carbonyl (C=O) groups excluding carboxylic acids is 1. The number of benzene rings is 1. The van der Waals surface area contributed by atoms with Crippen LogP contribution in [0.3, 0.4) is 0 Å². The fraction of sp³-hybridized carbons (Fsp3) is 0.133. The summed E-state index contributed by atoms with van der Waals surface area (Å²) in [5, 5.41) is 8.11. The van der Waals surface area contributed by atoms with E-state index in [1.54, 1.807) is 35.7 Å². The number of hydrogen-bond donors (Lipinski definition) is 1. The highest BCUT2D eigenvalue weighted by Crippen LogP contribution is 2.18. The van der Waals surface area contributed by atoms with Crippen LogP contribution in [0, 0.1) is 6.92 Å². The van der Waals surface area contributed by atoms with Crippen LogP contribution in [0.25, 0.3) is 0 Å². The number of ether oxygens (including phenoxy) is 1. The van der Waals surface area contributed by atoms with Gasteiger partial charge in [-0.05, 0) is 25.1 Å². The molecule has 0 aliphatic carbocycles. The molecule has 1 aromatic carbocycles. The number of nitrogens with zero attached hydrogens (tertiary/aromatic N) is 2. The smallest absolute Gasteiger partial charge is 0.257 e. The Labute approximate surface area is 135 Å². The zero-order chi connectivity index (χ0) is 15.4. The third-order valence-corrected chi connectivity index (χ3v) is 4.31. The summed E-state index contributed by atoms with van der Waals surface area (Å²) in [5.41, 5.74) is 1.42. The molecule has 0 saturated carbocycles. The minimum absolute atomic E-state index is 0.204. The second-order valence-corrected chi connectivity index (χ2v) is 6.42. The van der Waals surface area contributed by atoms with Gasteiger partial charge in [-0.2, -0.15) is 0 Å². The molecule has 2 aromatic heterocycles. The zero-order valence-electron chi connectivity index (χ0n) is 11.8. The van der Waals surface area contributed by atoms with Gasteiger partial charge in [-0.3, -0.25) is 10.1 Å². The van der Waals surface area contributed by atoms with Gasteiger partial charge in [0.1, 0.15) is 12.4 Å². The molecule has 112 valence electrons. The summed E-state index contributed by atoms with van der Waals surface area (Å²) in [6.07, 6.45) is 1.65. The standard InChI is InChI=1S/C15H13N3O2S2/c1-10-17-12(9-22-10)8-20-13-4-2-3-11(7-13)14(19)18-15-16-5-6-21-15/h2-7,9H,8H2,1H3,(H,16,18,19). The third-order valence-electron chi connectivity index (χ3n) is 2.80. The van der Waals surface area contributed by atoms with Crippen LogP contribution >= 0.6 is 22.7 Å². The van der Waals surface area contributed by atoms with Crippen LogP contribution in [-0.4, -0.2) is 15.9 Å². The van der Waals surface area contributed by atoms with Gasteiger partial charge in [0.15, 0.2) is 5.13 Å². The summed E-state index contributed by atoms with van der Waals surface area (Å²) in [6.45, 7) is 2.35. The van der Waals surface area contributed by atoms with Gasteiger partial charge in [0.05, 0.1) is 10.7 Å². The van der Waals surface area contributed by atoms with E-state index >= 15 is 0 Å². The topological polar surface area (TPSA) is 64.1 Å². The van der Waals surface area contributed by atoms with E-state index in [1.807, 2.05) is 23.8 Å². The van der Waals surface area contributed by atoms with E-state index in [1.165, 1.54) is 11.3 Å². The Morgan fingerprint density at radius 1 is 1.36 bits per heavy atom. The molecule has 22 heavy (non-hydrogen) atoms. The van der Waals surface area contributed by atoms with E-state index in [-0.39, 0.29) is 5.91 Å². The molecule has 0 fully saturated rings. The Hall–Kier alpha value is -2.25. The van der Waals surface area contributed by atoms with E-state index in [0.717, 1.165) is 10.7 Å². The van der Waals surface area contributed by atoms with Crippen molar-refractivity contribution in [3.05, 3.63) is 57.5 Å². The minimum atomic E-state index is -0.204. The van der Waals surface area contributed by atoms with Crippen molar-refractivity contribution in [2.75, 3.05) is 5.32 Å². The van der Waals surface area contributed by atoms with Crippen LogP contribution in [0.15, 0.2) is 41.2 Å². The van der Waals surface area contributed by atoms with Gasteiger partial charge in [-0.25, -0.2) is 9.97 Å². The summed E-state index contributed by atoms with van der Waals surface area (Å²) < 4.78 is 5.68. The van der Waals surface area contributed by atoms with Crippen molar-refractivity contribution in [1.82, 2.24) is 9.97 Å². The molecule has 0 unspecified atom stereocenters. The van der Waals surface area contributed by atoms with E-state index in [2.05, 4.69) is 15.3 Å². The Morgan fingerprint density at radius 3 is 3.00 bits per heavy atom. The van der Waals surface area contributed by atoms with Crippen molar-refractivity contribution in [3.63, 3.8) is 0 Å². The molecule has 0 bridgehead atoms. The molecule has 0 atom stereocenters. The minimum Gasteiger partial charge on any atom is -0.487 e. The second kappa shape index (κ2) is 6.67. The first kappa shape index (κ1) is 14.7. The number of aromatic nitrogens is 2. The van der Waals surface area contributed by atoms with E-state index in [9.17, 15) is 4.79 Å². The average molecular weight is 331 g/mol. The molecular formula is C15H13N3O2S2. The maximum absolute atomic E-state index is 12.1. The number of carbonyl (C=O) groups is 1. The molecule has 0 saturated heterocycles. The highest BCUT2D eigenvalue weighted by molar-refractivity contribution is 7.13. The van der Waals surface area contributed by atoms with Crippen molar-refractivity contribution in [3.8, 4) is 5.75 Å². The second-order valence-electron chi connectivity index (χ2n) is 4.47. The summed E-state index contributed by atoms with van der Waals surface area (Å²) in [4.78, 5) is 20.5. The number of rotatable bonds is 5. The van der Waals surface area contributed by atoms with Gasteiger partial charge in [-0.1, -0.05) is 6.07 Å². The van der Waals surface area contributed by atoms with Gasteiger partial charge < -0.3 is 4.74 Å². The van der Waals surface area contributed by atoms with E-state index < -0.39 is 0 Å². The normalized spacial score (nSPS) is 10.4. The summed E-state index contributed by atoms with van der Waals surface area (Å²) in [6, 6.07) is 7.06. The summed E-state index contributed by atoms with van der Waals surface area (Å²) in [5.74, 6) is 0.433. The van der Waals surface area contributed by atoms with Gasteiger partial charge in [0.2, 0.25) is 0 Å². The number of hydrogen-bond acceptors (Lipinski definition) is 6. The Balaban J connectivity index is 1.65. The number of nitrogens with one attached hydrogen (secondary N) is 1. The van der Waals surface area contributed by atoms with Gasteiger partial charge in [0.25, 0.3) is 5.91 Å². The maximum atomic E-state index is 12.1. The summed E-state index contributed by atoms with van der Waals surface area (Å²) >= 11 is 2.97. The molecule has 7 heteroatoms.